The second kappa shape index (κ2) is 9.21. The molecular formula is C21H18ClF3N2O4S2. The van der Waals surface area contributed by atoms with Crippen LogP contribution in [0.2, 0.25) is 4.34 Å². The molecule has 1 saturated heterocycles. The number of alkyl halides is 3. The predicted molar refractivity (Wildman–Crippen MR) is 117 cm³/mol. The Bertz CT molecular complexity index is 1250. The smallest absolute Gasteiger partial charge is 0.416 e. The SMILES string of the molecule is O=C(CCc1nc(-c2ccc(C(F)(F)F)cc2)co1)[C@@H]1CCCN1S(=O)(=O)c1ccc(Cl)s1. The fourth-order valence-electron chi connectivity index (χ4n) is 3.69. The fourth-order valence-corrected chi connectivity index (χ4v) is 6.98. The highest BCUT2D eigenvalue weighted by Gasteiger charge is 2.39. The van der Waals surface area contributed by atoms with Gasteiger partial charge >= 0.3 is 6.18 Å². The van der Waals surface area contributed by atoms with E-state index in [1.165, 1.54) is 34.8 Å². The normalized spacial score (nSPS) is 17.5. The molecule has 3 aromatic rings. The Labute approximate surface area is 197 Å². The van der Waals surface area contributed by atoms with Gasteiger partial charge in [-0.3, -0.25) is 4.79 Å². The van der Waals surface area contributed by atoms with E-state index in [0.717, 1.165) is 23.5 Å². The molecule has 0 bridgehead atoms. The Hall–Kier alpha value is -2.21. The number of Topliss-reactive ketones (excluding diaryl/α,β-unsaturated/α-hetero) is 1. The highest BCUT2D eigenvalue weighted by atomic mass is 35.5. The van der Waals surface area contributed by atoms with Gasteiger partial charge in [0.15, 0.2) is 11.7 Å². The van der Waals surface area contributed by atoms with Crippen molar-refractivity contribution in [1.29, 1.82) is 0 Å². The van der Waals surface area contributed by atoms with Crippen molar-refractivity contribution in [3.8, 4) is 11.3 Å². The molecule has 12 heteroatoms. The fraction of sp³-hybridized carbons (Fsp3) is 0.333. The summed E-state index contributed by atoms with van der Waals surface area (Å²) in [7, 11) is -3.81. The number of ketones is 1. The summed E-state index contributed by atoms with van der Waals surface area (Å²) in [5.41, 5.74) is 0.0410. The zero-order chi connectivity index (χ0) is 23.8. The van der Waals surface area contributed by atoms with E-state index in [9.17, 15) is 26.4 Å². The molecule has 2 aromatic heterocycles. The van der Waals surface area contributed by atoms with Crippen LogP contribution >= 0.6 is 22.9 Å². The van der Waals surface area contributed by atoms with Gasteiger partial charge in [0.2, 0.25) is 0 Å². The summed E-state index contributed by atoms with van der Waals surface area (Å²) >= 11 is 6.81. The lowest BCUT2D eigenvalue weighted by Gasteiger charge is -2.22. The first-order chi connectivity index (χ1) is 15.6. The van der Waals surface area contributed by atoms with E-state index >= 15 is 0 Å². The average molecular weight is 519 g/mol. The van der Waals surface area contributed by atoms with E-state index in [1.54, 1.807) is 0 Å². The predicted octanol–water partition coefficient (Wildman–Crippen LogP) is 5.43. The van der Waals surface area contributed by atoms with Gasteiger partial charge in [-0.15, -0.1) is 11.3 Å². The van der Waals surface area contributed by atoms with Crippen molar-refractivity contribution in [1.82, 2.24) is 9.29 Å². The lowest BCUT2D eigenvalue weighted by molar-refractivity contribution is -0.137. The summed E-state index contributed by atoms with van der Waals surface area (Å²) in [6, 6.07) is 6.69. The van der Waals surface area contributed by atoms with Gasteiger partial charge in [-0.2, -0.15) is 17.5 Å². The van der Waals surface area contributed by atoms with Crippen molar-refractivity contribution < 1.29 is 30.8 Å². The number of hydrogen-bond donors (Lipinski definition) is 0. The molecule has 33 heavy (non-hydrogen) atoms. The first-order valence-corrected chi connectivity index (χ1v) is 12.6. The number of nitrogens with zero attached hydrogens (tertiary/aromatic N) is 2. The van der Waals surface area contributed by atoms with Gasteiger partial charge in [-0.25, -0.2) is 13.4 Å². The van der Waals surface area contributed by atoms with Gasteiger partial charge in [-0.05, 0) is 37.1 Å². The molecule has 0 aliphatic carbocycles. The number of aromatic nitrogens is 1. The van der Waals surface area contributed by atoms with E-state index < -0.39 is 27.8 Å². The van der Waals surface area contributed by atoms with Gasteiger partial charge in [0, 0.05) is 24.9 Å². The molecule has 6 nitrogen and oxygen atoms in total. The Morgan fingerprint density at radius 1 is 1.21 bits per heavy atom. The molecule has 176 valence electrons. The molecule has 0 radical (unpaired) electrons. The molecule has 1 aliphatic rings. The van der Waals surface area contributed by atoms with Crippen LogP contribution in [0.5, 0.6) is 0 Å². The number of halogens is 4. The summed E-state index contributed by atoms with van der Waals surface area (Å²) < 4.78 is 71.0. The monoisotopic (exact) mass is 518 g/mol. The molecule has 0 spiro atoms. The molecule has 1 aliphatic heterocycles. The molecule has 1 atom stereocenters. The summed E-state index contributed by atoms with van der Waals surface area (Å²) in [6.07, 6.45) is -1.94. The number of rotatable bonds is 7. The summed E-state index contributed by atoms with van der Waals surface area (Å²) in [5, 5.41) is 0. The van der Waals surface area contributed by atoms with Crippen molar-refractivity contribution in [2.75, 3.05) is 6.54 Å². The van der Waals surface area contributed by atoms with Crippen molar-refractivity contribution in [3.63, 3.8) is 0 Å². The third kappa shape index (κ3) is 5.16. The number of carbonyl (C=O) groups excluding carboxylic acids is 1. The molecule has 0 N–H and O–H groups in total. The van der Waals surface area contributed by atoms with Crippen LogP contribution in [-0.2, 0) is 27.4 Å². The maximum atomic E-state index is 12.9. The largest absolute Gasteiger partial charge is 0.448 e. The zero-order valence-corrected chi connectivity index (χ0v) is 19.4. The number of aryl methyl sites for hydroxylation is 1. The van der Waals surface area contributed by atoms with Crippen molar-refractivity contribution in [2.45, 2.75) is 42.1 Å². The van der Waals surface area contributed by atoms with Crippen LogP contribution in [-0.4, -0.2) is 36.1 Å². The standard InChI is InChI=1S/C21H18ClF3N2O4S2/c22-18-8-10-20(32-18)33(29,30)27-11-1-2-16(27)17(28)7-9-19-26-15(12-31-19)13-3-5-14(6-4-13)21(23,24)25/h3-6,8,10,12,16H,1-2,7,9,11H2/t16-/m0/s1. The second-order valence-corrected chi connectivity index (χ2v) is 11.3. The van der Waals surface area contributed by atoms with E-state index in [-0.39, 0.29) is 35.3 Å². The molecule has 0 unspecified atom stereocenters. The number of hydrogen-bond acceptors (Lipinski definition) is 6. The number of benzene rings is 1. The quantitative estimate of drug-likeness (QED) is 0.416. The Morgan fingerprint density at radius 3 is 2.58 bits per heavy atom. The third-order valence-corrected chi connectivity index (χ3v) is 8.94. The molecule has 1 aromatic carbocycles. The number of thiophene rings is 1. The minimum atomic E-state index is -4.43. The van der Waals surface area contributed by atoms with Crippen LogP contribution in [0, 0.1) is 0 Å². The Kier molecular flexibility index (Phi) is 6.68. The summed E-state index contributed by atoms with van der Waals surface area (Å²) in [4.78, 5) is 17.1. The minimum absolute atomic E-state index is 0.0227. The molecule has 0 amide bonds. The topological polar surface area (TPSA) is 80.5 Å². The Balaban J connectivity index is 1.40. The maximum Gasteiger partial charge on any atom is 0.416 e. The van der Waals surface area contributed by atoms with Crippen molar-refractivity contribution in [2.24, 2.45) is 0 Å². The lowest BCUT2D eigenvalue weighted by Crippen LogP contribution is -2.40. The summed E-state index contributed by atoms with van der Waals surface area (Å²) in [6.45, 7) is 0.255. The van der Waals surface area contributed by atoms with Crippen LogP contribution in [0.3, 0.4) is 0 Å². The minimum Gasteiger partial charge on any atom is -0.448 e. The van der Waals surface area contributed by atoms with Crippen molar-refractivity contribution >= 4 is 38.7 Å². The van der Waals surface area contributed by atoms with Gasteiger partial charge in [0.05, 0.1) is 15.9 Å². The van der Waals surface area contributed by atoms with E-state index in [4.69, 9.17) is 16.0 Å². The second-order valence-electron chi connectivity index (χ2n) is 7.50. The van der Waals surface area contributed by atoms with E-state index in [0.29, 0.717) is 28.4 Å². The number of carbonyl (C=O) groups is 1. The first kappa shape index (κ1) is 23.9. The lowest BCUT2D eigenvalue weighted by atomic mass is 10.1. The zero-order valence-electron chi connectivity index (χ0n) is 17.0. The molecular weight excluding hydrogens is 501 g/mol. The molecule has 3 heterocycles. The average Bonchev–Trinajstić information content (AvgIpc) is 3.52. The third-order valence-electron chi connectivity index (χ3n) is 5.33. The first-order valence-electron chi connectivity index (χ1n) is 9.97. The van der Waals surface area contributed by atoms with Gasteiger partial charge in [0.1, 0.15) is 16.2 Å². The van der Waals surface area contributed by atoms with E-state index in [2.05, 4.69) is 4.98 Å². The summed E-state index contributed by atoms with van der Waals surface area (Å²) in [5.74, 6) is 0.00342. The van der Waals surface area contributed by atoms with E-state index in [1.807, 2.05) is 0 Å². The van der Waals surface area contributed by atoms with Crippen LogP contribution in [0.1, 0.15) is 30.7 Å². The number of sulfonamides is 1. The maximum absolute atomic E-state index is 12.9. The Morgan fingerprint density at radius 2 is 1.94 bits per heavy atom. The highest BCUT2D eigenvalue weighted by Crippen LogP contribution is 2.33. The van der Waals surface area contributed by atoms with Gasteiger partial charge in [-0.1, -0.05) is 23.7 Å². The molecule has 0 saturated carbocycles. The number of oxazole rings is 1. The van der Waals surface area contributed by atoms with Gasteiger partial charge in [0.25, 0.3) is 10.0 Å². The van der Waals surface area contributed by atoms with Crippen molar-refractivity contribution in [3.05, 3.63) is 58.5 Å². The molecule has 4 rings (SSSR count). The van der Waals surface area contributed by atoms with Crippen LogP contribution in [0.15, 0.2) is 51.3 Å². The van der Waals surface area contributed by atoms with Gasteiger partial charge < -0.3 is 4.42 Å². The van der Waals surface area contributed by atoms with Crippen LogP contribution in [0.25, 0.3) is 11.3 Å². The van der Waals surface area contributed by atoms with Crippen LogP contribution < -0.4 is 0 Å². The highest BCUT2D eigenvalue weighted by molar-refractivity contribution is 7.91. The molecule has 1 fully saturated rings. The van der Waals surface area contributed by atoms with Crippen LogP contribution in [0.4, 0.5) is 13.2 Å².